The van der Waals surface area contributed by atoms with E-state index in [2.05, 4.69) is 33.0 Å². The minimum atomic E-state index is -0.106. The minimum absolute atomic E-state index is 0.106. The van der Waals surface area contributed by atoms with Crippen LogP contribution in [0, 0.1) is 13.8 Å². The second-order valence-electron chi connectivity index (χ2n) is 6.13. The van der Waals surface area contributed by atoms with Crippen LogP contribution in [-0.4, -0.2) is 10.9 Å². The number of anilines is 2. The van der Waals surface area contributed by atoms with Crippen molar-refractivity contribution in [2.24, 2.45) is 0 Å². The molecule has 0 N–H and O–H groups in total. The number of aryl methyl sites for hydroxylation is 2. The number of hydrogen-bond acceptors (Lipinski definition) is 4. The molecule has 3 rings (SSSR count). The van der Waals surface area contributed by atoms with Gasteiger partial charge in [0.15, 0.2) is 5.13 Å². The molecule has 0 spiro atoms. The Morgan fingerprint density at radius 3 is 2.59 bits per heavy atom. The summed E-state index contributed by atoms with van der Waals surface area (Å²) < 4.78 is 1.06. The van der Waals surface area contributed by atoms with Gasteiger partial charge in [0.2, 0.25) is 5.91 Å². The first-order chi connectivity index (χ1) is 12.8. The Morgan fingerprint density at radius 2 is 1.96 bits per heavy atom. The lowest BCUT2D eigenvalue weighted by Gasteiger charge is -2.22. The monoisotopic (exact) mass is 480 g/mol. The lowest BCUT2D eigenvalue weighted by molar-refractivity contribution is -0.115. The van der Waals surface area contributed by atoms with Gasteiger partial charge in [-0.05, 0) is 55.3 Å². The summed E-state index contributed by atoms with van der Waals surface area (Å²) >= 11 is 13.1. The molecule has 3 nitrogen and oxygen atoms in total. The highest BCUT2D eigenvalue weighted by Crippen LogP contribution is 2.38. The molecule has 0 aliphatic heterocycles. The van der Waals surface area contributed by atoms with Crippen LogP contribution >= 0.6 is 50.6 Å². The maximum absolute atomic E-state index is 12.4. The predicted octanol–water partition coefficient (Wildman–Crippen LogP) is 7.15. The molecule has 27 heavy (non-hydrogen) atoms. The molecule has 0 saturated heterocycles. The third-order valence-electron chi connectivity index (χ3n) is 3.87. The fourth-order valence-electron chi connectivity index (χ4n) is 2.73. The summed E-state index contributed by atoms with van der Waals surface area (Å²) in [7, 11) is 0. The largest absolute Gasteiger partial charge is 0.274 e. The first kappa shape index (κ1) is 20.4. The first-order valence-corrected chi connectivity index (χ1v) is 11.3. The van der Waals surface area contributed by atoms with Crippen LogP contribution in [0.2, 0.25) is 5.02 Å². The normalized spacial score (nSPS) is 10.9. The molecule has 2 aromatic carbocycles. The van der Waals surface area contributed by atoms with E-state index in [0.717, 1.165) is 27.0 Å². The van der Waals surface area contributed by atoms with Crippen LogP contribution in [0.25, 0.3) is 0 Å². The Kier molecular flexibility index (Phi) is 6.63. The van der Waals surface area contributed by atoms with Crippen molar-refractivity contribution in [3.8, 4) is 0 Å². The van der Waals surface area contributed by atoms with Crippen molar-refractivity contribution in [3.63, 3.8) is 0 Å². The number of halogens is 2. The number of aromatic nitrogens is 1. The van der Waals surface area contributed by atoms with Crippen molar-refractivity contribution >= 4 is 67.4 Å². The van der Waals surface area contributed by atoms with Crippen molar-refractivity contribution in [1.82, 2.24) is 4.98 Å². The van der Waals surface area contributed by atoms with E-state index in [1.54, 1.807) is 16.7 Å². The van der Waals surface area contributed by atoms with Crippen molar-refractivity contribution in [1.29, 1.82) is 0 Å². The molecular weight excluding hydrogens is 464 g/mol. The van der Waals surface area contributed by atoms with Gasteiger partial charge in [0, 0.05) is 27.4 Å². The quantitative estimate of drug-likeness (QED) is 0.363. The number of carbonyl (C=O) groups excluding carboxylic acids is 1. The lowest BCUT2D eigenvalue weighted by Crippen LogP contribution is -2.24. The van der Waals surface area contributed by atoms with E-state index in [1.807, 2.05) is 43.5 Å². The molecule has 0 saturated carbocycles. The summed E-state index contributed by atoms with van der Waals surface area (Å²) in [5, 5.41) is 3.20. The molecule has 0 bridgehead atoms. The van der Waals surface area contributed by atoms with Crippen molar-refractivity contribution in [2.75, 3.05) is 4.90 Å². The Balaban J connectivity index is 1.84. The van der Waals surface area contributed by atoms with Crippen LogP contribution in [0.4, 0.5) is 10.8 Å². The van der Waals surface area contributed by atoms with Gasteiger partial charge in [-0.3, -0.25) is 9.69 Å². The molecule has 1 amide bonds. The van der Waals surface area contributed by atoms with Gasteiger partial charge >= 0.3 is 0 Å². The molecule has 1 heterocycles. The number of nitrogens with zero attached hydrogens (tertiary/aromatic N) is 2. The number of benzene rings is 2. The van der Waals surface area contributed by atoms with E-state index in [1.165, 1.54) is 23.2 Å². The average Bonchev–Trinajstić information content (AvgIpc) is 3.05. The van der Waals surface area contributed by atoms with Gasteiger partial charge in [-0.25, -0.2) is 4.98 Å². The number of thiazole rings is 1. The zero-order valence-electron chi connectivity index (χ0n) is 15.1. The maximum Gasteiger partial charge on any atom is 0.230 e. The highest BCUT2D eigenvalue weighted by Gasteiger charge is 2.22. The van der Waals surface area contributed by atoms with Gasteiger partial charge in [0.25, 0.3) is 0 Å². The van der Waals surface area contributed by atoms with Crippen LogP contribution in [-0.2, 0) is 10.5 Å². The maximum atomic E-state index is 12.4. The molecule has 3 aromatic rings. The van der Waals surface area contributed by atoms with Gasteiger partial charge < -0.3 is 0 Å². The molecule has 7 heteroatoms. The molecule has 1 aromatic heterocycles. The van der Waals surface area contributed by atoms with Crippen molar-refractivity contribution in [3.05, 3.63) is 68.1 Å². The number of amides is 1. The standard InChI is InChI=1S/C20H18BrClN2OS2/c1-12-8-13(2)19(18(22)9-12)24(14(3)25)20-23-16(11-27-20)10-26-17-6-4-15(21)5-7-17/h4-9,11H,10H2,1-3H3. The fourth-order valence-corrected chi connectivity index (χ4v) is 5.17. The second-order valence-corrected chi connectivity index (χ2v) is 9.34. The number of rotatable bonds is 5. The van der Waals surface area contributed by atoms with E-state index in [-0.39, 0.29) is 5.91 Å². The second kappa shape index (κ2) is 8.78. The van der Waals surface area contributed by atoms with Gasteiger partial charge in [-0.2, -0.15) is 0 Å². The highest BCUT2D eigenvalue weighted by molar-refractivity contribution is 9.10. The topological polar surface area (TPSA) is 33.2 Å². The molecule has 0 unspecified atom stereocenters. The third kappa shape index (κ3) is 4.93. The summed E-state index contributed by atoms with van der Waals surface area (Å²) in [6, 6.07) is 12.1. The smallest absolute Gasteiger partial charge is 0.230 e. The molecule has 0 atom stereocenters. The van der Waals surface area contributed by atoms with E-state index in [9.17, 15) is 4.79 Å². The molecule has 140 valence electrons. The Morgan fingerprint density at radius 1 is 1.26 bits per heavy atom. The minimum Gasteiger partial charge on any atom is -0.274 e. The number of carbonyl (C=O) groups is 1. The zero-order valence-corrected chi connectivity index (χ0v) is 19.1. The summed E-state index contributed by atoms with van der Waals surface area (Å²) in [5.74, 6) is 0.634. The molecular formula is C20H18BrClN2OS2. The Hall–Kier alpha value is -1.34. The average molecular weight is 482 g/mol. The summed E-state index contributed by atoms with van der Waals surface area (Å²) in [5.41, 5.74) is 3.66. The molecule has 0 radical (unpaired) electrons. The van der Waals surface area contributed by atoms with Gasteiger partial charge in [-0.15, -0.1) is 23.1 Å². The van der Waals surface area contributed by atoms with E-state index in [0.29, 0.717) is 15.8 Å². The molecule has 0 fully saturated rings. The third-order valence-corrected chi connectivity index (χ3v) is 6.61. The van der Waals surface area contributed by atoms with Crippen LogP contribution in [0.15, 0.2) is 51.1 Å². The van der Waals surface area contributed by atoms with Crippen LogP contribution in [0.5, 0.6) is 0 Å². The summed E-state index contributed by atoms with van der Waals surface area (Å²) in [6.45, 7) is 5.48. The van der Waals surface area contributed by atoms with Gasteiger partial charge in [-0.1, -0.05) is 33.6 Å². The number of hydrogen-bond donors (Lipinski definition) is 0. The highest BCUT2D eigenvalue weighted by atomic mass is 79.9. The van der Waals surface area contributed by atoms with Crippen LogP contribution in [0.1, 0.15) is 23.7 Å². The fraction of sp³-hybridized carbons (Fsp3) is 0.200. The van der Waals surface area contributed by atoms with Gasteiger partial charge in [0.1, 0.15) is 0 Å². The van der Waals surface area contributed by atoms with Crippen molar-refractivity contribution < 1.29 is 4.79 Å². The SMILES string of the molecule is CC(=O)N(c1nc(CSc2ccc(Br)cc2)cs1)c1c(C)cc(C)cc1Cl. The number of thioether (sulfide) groups is 1. The van der Waals surface area contributed by atoms with Crippen LogP contribution < -0.4 is 4.90 Å². The van der Waals surface area contributed by atoms with Crippen molar-refractivity contribution in [2.45, 2.75) is 31.4 Å². The first-order valence-electron chi connectivity index (χ1n) is 8.25. The van der Waals surface area contributed by atoms with Crippen LogP contribution in [0.3, 0.4) is 0 Å². The predicted molar refractivity (Wildman–Crippen MR) is 120 cm³/mol. The van der Waals surface area contributed by atoms with E-state index < -0.39 is 0 Å². The molecule has 0 aliphatic rings. The van der Waals surface area contributed by atoms with Gasteiger partial charge in [0.05, 0.1) is 16.4 Å². The Bertz CT molecular complexity index is 949. The Labute approximate surface area is 180 Å². The van der Waals surface area contributed by atoms with E-state index >= 15 is 0 Å². The lowest BCUT2D eigenvalue weighted by atomic mass is 10.1. The summed E-state index contributed by atoms with van der Waals surface area (Å²) in [6.07, 6.45) is 0. The molecule has 0 aliphatic carbocycles. The van der Waals surface area contributed by atoms with E-state index in [4.69, 9.17) is 11.6 Å². The zero-order chi connectivity index (χ0) is 19.6. The summed E-state index contributed by atoms with van der Waals surface area (Å²) in [4.78, 5) is 19.8.